The Morgan fingerprint density at radius 3 is 2.94 bits per heavy atom. The summed E-state index contributed by atoms with van der Waals surface area (Å²) >= 11 is 0. The zero-order valence-electron chi connectivity index (χ0n) is 9.23. The Morgan fingerprint density at radius 1 is 1.62 bits per heavy atom. The highest BCUT2D eigenvalue weighted by Gasteiger charge is 2.33. The molecule has 0 radical (unpaired) electrons. The third kappa shape index (κ3) is 2.41. The van der Waals surface area contributed by atoms with E-state index in [1.165, 1.54) is 0 Å². The molecule has 1 fully saturated rings. The van der Waals surface area contributed by atoms with Gasteiger partial charge in [0.25, 0.3) is 0 Å². The number of aryl methyl sites for hydroxylation is 1. The maximum absolute atomic E-state index is 10.9. The van der Waals surface area contributed by atoms with Crippen LogP contribution in [0.4, 0.5) is 0 Å². The van der Waals surface area contributed by atoms with Crippen LogP contribution >= 0.6 is 0 Å². The first-order chi connectivity index (χ1) is 7.72. The molecule has 0 atom stereocenters. The van der Waals surface area contributed by atoms with E-state index in [-0.39, 0.29) is 5.76 Å². The number of aromatic nitrogens is 1. The monoisotopic (exact) mass is 225 g/mol. The van der Waals surface area contributed by atoms with Crippen LogP contribution in [-0.2, 0) is 11.2 Å². The zero-order valence-corrected chi connectivity index (χ0v) is 9.23. The van der Waals surface area contributed by atoms with Crippen LogP contribution in [0.5, 0.6) is 0 Å². The van der Waals surface area contributed by atoms with Gasteiger partial charge in [-0.15, -0.1) is 0 Å². The lowest BCUT2D eigenvalue weighted by Crippen LogP contribution is -1.98. The predicted molar refractivity (Wildman–Crippen MR) is 55.6 cm³/mol. The smallest absolute Gasteiger partial charge is 0.373 e. The van der Waals surface area contributed by atoms with E-state index >= 15 is 0 Å². The van der Waals surface area contributed by atoms with E-state index in [0.29, 0.717) is 30.5 Å². The Bertz CT molecular complexity index is 381. The summed E-state index contributed by atoms with van der Waals surface area (Å²) in [6.07, 6.45) is 3.45. The van der Waals surface area contributed by atoms with Crippen LogP contribution in [0.25, 0.3) is 0 Å². The molecule has 5 nitrogen and oxygen atoms in total. The minimum atomic E-state index is -1.02. The molecular formula is C11H15NO4. The molecule has 0 aliphatic heterocycles. The number of hydrogen-bond donors (Lipinski definition) is 1. The van der Waals surface area contributed by atoms with Gasteiger partial charge in [0, 0.05) is 26.1 Å². The fourth-order valence-corrected chi connectivity index (χ4v) is 1.64. The normalized spacial score (nSPS) is 15.3. The van der Waals surface area contributed by atoms with Gasteiger partial charge in [-0.05, 0) is 19.3 Å². The van der Waals surface area contributed by atoms with Crippen molar-refractivity contribution >= 4 is 5.97 Å². The molecule has 1 aromatic heterocycles. The minimum Gasteiger partial charge on any atom is -0.475 e. The summed E-state index contributed by atoms with van der Waals surface area (Å²) in [5.41, 5.74) is 0.625. The van der Waals surface area contributed by atoms with Gasteiger partial charge in [-0.1, -0.05) is 0 Å². The molecule has 1 heterocycles. The second kappa shape index (κ2) is 4.65. The van der Waals surface area contributed by atoms with Gasteiger partial charge >= 0.3 is 5.97 Å². The Kier molecular flexibility index (Phi) is 3.24. The summed E-state index contributed by atoms with van der Waals surface area (Å²) in [5, 5.41) is 8.97. The Labute approximate surface area is 93.4 Å². The van der Waals surface area contributed by atoms with Crippen LogP contribution in [-0.4, -0.2) is 29.8 Å². The number of carbonyl (C=O) groups is 1. The molecule has 0 aromatic carbocycles. The van der Waals surface area contributed by atoms with Gasteiger partial charge in [0.15, 0.2) is 5.89 Å². The minimum absolute atomic E-state index is 0.0231. The average molecular weight is 225 g/mol. The van der Waals surface area contributed by atoms with Crippen molar-refractivity contribution in [3.8, 4) is 0 Å². The molecule has 16 heavy (non-hydrogen) atoms. The molecule has 0 amide bonds. The lowest BCUT2D eigenvalue weighted by Gasteiger charge is -1.94. The molecule has 0 spiro atoms. The highest BCUT2D eigenvalue weighted by Crippen LogP contribution is 2.41. The van der Waals surface area contributed by atoms with Gasteiger partial charge in [0.2, 0.25) is 5.76 Å². The topological polar surface area (TPSA) is 72.6 Å². The molecule has 1 N–H and O–H groups in total. The van der Waals surface area contributed by atoms with Crippen molar-refractivity contribution in [3.63, 3.8) is 0 Å². The number of aromatic carboxylic acids is 1. The molecule has 0 unspecified atom stereocenters. The predicted octanol–water partition coefficient (Wildman–Crippen LogP) is 1.83. The molecular weight excluding hydrogens is 210 g/mol. The summed E-state index contributed by atoms with van der Waals surface area (Å²) in [6, 6.07) is 0. The highest BCUT2D eigenvalue weighted by molar-refractivity contribution is 5.85. The Balaban J connectivity index is 2.08. The summed E-state index contributed by atoms with van der Waals surface area (Å²) in [7, 11) is 1.63. The molecule has 0 saturated heterocycles. The third-order valence-electron chi connectivity index (χ3n) is 2.60. The van der Waals surface area contributed by atoms with Crippen molar-refractivity contribution in [2.45, 2.75) is 31.6 Å². The number of nitrogens with zero attached hydrogens (tertiary/aromatic N) is 1. The van der Waals surface area contributed by atoms with Crippen molar-refractivity contribution in [2.75, 3.05) is 13.7 Å². The second-order valence-corrected chi connectivity index (χ2v) is 4.00. The lowest BCUT2D eigenvalue weighted by atomic mass is 10.2. The van der Waals surface area contributed by atoms with Crippen LogP contribution in [0.3, 0.4) is 0 Å². The van der Waals surface area contributed by atoms with Crippen molar-refractivity contribution in [1.29, 1.82) is 0 Å². The first-order valence-corrected chi connectivity index (χ1v) is 5.44. The van der Waals surface area contributed by atoms with Gasteiger partial charge in [-0.2, -0.15) is 0 Å². The number of oxazole rings is 1. The quantitative estimate of drug-likeness (QED) is 0.748. The highest BCUT2D eigenvalue weighted by atomic mass is 16.5. The number of carboxylic acids is 1. The summed E-state index contributed by atoms with van der Waals surface area (Å²) in [4.78, 5) is 15.2. The Hall–Kier alpha value is -1.36. The van der Waals surface area contributed by atoms with Crippen LogP contribution in [0.2, 0.25) is 0 Å². The van der Waals surface area contributed by atoms with Gasteiger partial charge in [-0.3, -0.25) is 0 Å². The van der Waals surface area contributed by atoms with E-state index in [4.69, 9.17) is 14.3 Å². The van der Waals surface area contributed by atoms with Crippen molar-refractivity contribution in [1.82, 2.24) is 4.98 Å². The van der Waals surface area contributed by atoms with Gasteiger partial charge in [0.05, 0.1) is 5.69 Å². The summed E-state index contributed by atoms with van der Waals surface area (Å²) in [6.45, 7) is 0.629. The summed E-state index contributed by atoms with van der Waals surface area (Å²) < 4.78 is 10.2. The maximum Gasteiger partial charge on any atom is 0.373 e. The zero-order chi connectivity index (χ0) is 11.5. The SMILES string of the molecule is COCCCc1nc(C2CC2)c(C(=O)O)o1. The molecule has 1 aliphatic rings. The van der Waals surface area contributed by atoms with Gasteiger partial charge in [-0.25, -0.2) is 9.78 Å². The molecule has 1 saturated carbocycles. The molecule has 1 aliphatic carbocycles. The van der Waals surface area contributed by atoms with E-state index in [9.17, 15) is 4.79 Å². The van der Waals surface area contributed by atoms with E-state index < -0.39 is 5.97 Å². The molecule has 0 bridgehead atoms. The standard InChI is InChI=1S/C11H15NO4/c1-15-6-2-3-8-12-9(7-4-5-7)10(16-8)11(13)14/h7H,2-6H2,1H3,(H,13,14). The second-order valence-electron chi connectivity index (χ2n) is 4.00. The largest absolute Gasteiger partial charge is 0.475 e. The maximum atomic E-state index is 10.9. The molecule has 5 heteroatoms. The van der Waals surface area contributed by atoms with Crippen molar-refractivity contribution in [3.05, 3.63) is 17.3 Å². The fourth-order valence-electron chi connectivity index (χ4n) is 1.64. The van der Waals surface area contributed by atoms with Crippen molar-refractivity contribution in [2.24, 2.45) is 0 Å². The average Bonchev–Trinajstić information content (AvgIpc) is 3.00. The Morgan fingerprint density at radius 2 is 2.38 bits per heavy atom. The molecule has 2 rings (SSSR count). The van der Waals surface area contributed by atoms with E-state index in [1.54, 1.807) is 7.11 Å². The first kappa shape index (κ1) is 11.1. The van der Waals surface area contributed by atoms with Crippen LogP contribution in [0.1, 0.15) is 47.3 Å². The first-order valence-electron chi connectivity index (χ1n) is 5.44. The van der Waals surface area contributed by atoms with Gasteiger partial charge < -0.3 is 14.3 Å². The van der Waals surface area contributed by atoms with Crippen LogP contribution in [0.15, 0.2) is 4.42 Å². The number of carboxylic acid groups (broad SMARTS) is 1. The third-order valence-corrected chi connectivity index (χ3v) is 2.60. The fraction of sp³-hybridized carbons (Fsp3) is 0.636. The lowest BCUT2D eigenvalue weighted by molar-refractivity contribution is 0.0658. The number of rotatable bonds is 6. The number of hydrogen-bond acceptors (Lipinski definition) is 4. The van der Waals surface area contributed by atoms with E-state index in [0.717, 1.165) is 19.3 Å². The molecule has 88 valence electrons. The van der Waals surface area contributed by atoms with Crippen LogP contribution < -0.4 is 0 Å². The van der Waals surface area contributed by atoms with E-state index in [1.807, 2.05) is 0 Å². The van der Waals surface area contributed by atoms with E-state index in [2.05, 4.69) is 4.98 Å². The number of ether oxygens (including phenoxy) is 1. The van der Waals surface area contributed by atoms with Crippen molar-refractivity contribution < 1.29 is 19.1 Å². The molecule has 1 aromatic rings. The van der Waals surface area contributed by atoms with Gasteiger partial charge in [0.1, 0.15) is 0 Å². The summed E-state index contributed by atoms with van der Waals surface area (Å²) in [5.74, 6) is -0.190. The van der Waals surface area contributed by atoms with Crippen LogP contribution in [0, 0.1) is 0 Å². The number of methoxy groups -OCH3 is 1.